The number of methoxy groups -OCH3 is 1. The molecule has 1 aliphatic heterocycles. The Morgan fingerprint density at radius 2 is 1.95 bits per heavy atom. The van der Waals surface area contributed by atoms with Crippen molar-refractivity contribution >= 4 is 5.91 Å². The van der Waals surface area contributed by atoms with E-state index in [9.17, 15) is 4.79 Å². The van der Waals surface area contributed by atoms with Gasteiger partial charge in [-0.25, -0.2) is 0 Å². The molecule has 1 atom stereocenters. The van der Waals surface area contributed by atoms with Crippen molar-refractivity contribution in [2.24, 2.45) is 5.92 Å². The van der Waals surface area contributed by atoms with E-state index in [0.29, 0.717) is 12.3 Å². The lowest BCUT2D eigenvalue weighted by atomic mass is 9.94. The van der Waals surface area contributed by atoms with E-state index in [0.717, 1.165) is 38.2 Å². The van der Waals surface area contributed by atoms with Crippen LogP contribution in [0.1, 0.15) is 37.7 Å². The Hall–Kier alpha value is -1.55. The number of benzene rings is 1. The molecule has 1 aromatic rings. The van der Waals surface area contributed by atoms with Crippen molar-refractivity contribution in [1.29, 1.82) is 0 Å². The summed E-state index contributed by atoms with van der Waals surface area (Å²) in [6, 6.07) is 8.02. The van der Waals surface area contributed by atoms with Crippen molar-refractivity contribution in [2.45, 2.75) is 32.1 Å². The van der Waals surface area contributed by atoms with E-state index in [1.807, 2.05) is 24.1 Å². The number of hydrogen-bond acceptors (Lipinski definition) is 3. The Kier molecular flexibility index (Phi) is 6.25. The Morgan fingerprint density at radius 3 is 2.50 bits per heavy atom. The standard InChI is InChI=1S/C18H28N2O2/c1-14(16-4-6-17(22-3)7-5-16)12-18(21)20-10-8-15(9-11-20)13-19-2/h4-7,14-15,19H,8-13H2,1-3H3. The summed E-state index contributed by atoms with van der Waals surface area (Å²) in [4.78, 5) is 14.5. The second kappa shape index (κ2) is 8.18. The number of rotatable bonds is 6. The predicted octanol–water partition coefficient (Wildman–Crippen LogP) is 2.65. The number of nitrogens with one attached hydrogen (secondary N) is 1. The zero-order chi connectivity index (χ0) is 15.9. The summed E-state index contributed by atoms with van der Waals surface area (Å²) in [6.07, 6.45) is 2.82. The quantitative estimate of drug-likeness (QED) is 0.878. The first-order valence-corrected chi connectivity index (χ1v) is 8.20. The highest BCUT2D eigenvalue weighted by Crippen LogP contribution is 2.24. The van der Waals surface area contributed by atoms with E-state index in [1.165, 1.54) is 5.56 Å². The van der Waals surface area contributed by atoms with Gasteiger partial charge in [0.1, 0.15) is 5.75 Å². The average Bonchev–Trinajstić information content (AvgIpc) is 2.55. The molecule has 0 aliphatic carbocycles. The SMILES string of the molecule is CNCC1CCN(C(=O)CC(C)c2ccc(OC)cc2)CC1. The fraction of sp³-hybridized carbons (Fsp3) is 0.611. The predicted molar refractivity (Wildman–Crippen MR) is 89.3 cm³/mol. The topological polar surface area (TPSA) is 41.6 Å². The maximum atomic E-state index is 12.5. The van der Waals surface area contributed by atoms with Crippen LogP contribution >= 0.6 is 0 Å². The van der Waals surface area contributed by atoms with Crippen molar-refractivity contribution in [3.63, 3.8) is 0 Å². The number of piperidine rings is 1. The van der Waals surface area contributed by atoms with Crippen LogP contribution in [0, 0.1) is 5.92 Å². The van der Waals surface area contributed by atoms with Gasteiger partial charge in [0.15, 0.2) is 0 Å². The Morgan fingerprint density at radius 1 is 1.32 bits per heavy atom. The van der Waals surface area contributed by atoms with Gasteiger partial charge in [0.2, 0.25) is 5.91 Å². The van der Waals surface area contributed by atoms with Crippen LogP contribution < -0.4 is 10.1 Å². The summed E-state index contributed by atoms with van der Waals surface area (Å²) in [5, 5.41) is 3.23. The molecule has 0 spiro atoms. The van der Waals surface area contributed by atoms with Crippen molar-refractivity contribution < 1.29 is 9.53 Å². The van der Waals surface area contributed by atoms with E-state index in [1.54, 1.807) is 7.11 Å². The van der Waals surface area contributed by atoms with Crippen LogP contribution in [0.2, 0.25) is 0 Å². The van der Waals surface area contributed by atoms with Crippen LogP contribution in [-0.4, -0.2) is 44.6 Å². The fourth-order valence-corrected chi connectivity index (χ4v) is 3.12. The summed E-state index contributed by atoms with van der Waals surface area (Å²) in [5.41, 5.74) is 1.19. The molecule has 0 radical (unpaired) electrons. The molecule has 22 heavy (non-hydrogen) atoms. The molecule has 2 rings (SSSR count). The Balaban J connectivity index is 1.83. The van der Waals surface area contributed by atoms with Crippen molar-refractivity contribution in [3.8, 4) is 5.75 Å². The van der Waals surface area contributed by atoms with E-state index in [-0.39, 0.29) is 11.8 Å². The lowest BCUT2D eigenvalue weighted by Gasteiger charge is -2.32. The molecular weight excluding hydrogens is 276 g/mol. The monoisotopic (exact) mass is 304 g/mol. The van der Waals surface area contributed by atoms with Crippen LogP contribution in [0.5, 0.6) is 5.75 Å². The Bertz CT molecular complexity index is 464. The molecule has 1 fully saturated rings. The highest BCUT2D eigenvalue weighted by molar-refractivity contribution is 5.77. The lowest BCUT2D eigenvalue weighted by molar-refractivity contribution is -0.132. The zero-order valence-corrected chi connectivity index (χ0v) is 14.0. The normalized spacial score (nSPS) is 17.3. The van der Waals surface area contributed by atoms with E-state index >= 15 is 0 Å². The molecule has 122 valence electrons. The van der Waals surface area contributed by atoms with Gasteiger partial charge in [0, 0.05) is 19.5 Å². The molecule has 1 amide bonds. The van der Waals surface area contributed by atoms with Gasteiger partial charge >= 0.3 is 0 Å². The number of hydrogen-bond donors (Lipinski definition) is 1. The lowest BCUT2D eigenvalue weighted by Crippen LogP contribution is -2.40. The van der Waals surface area contributed by atoms with Crippen molar-refractivity contribution in [1.82, 2.24) is 10.2 Å². The largest absolute Gasteiger partial charge is 0.497 e. The van der Waals surface area contributed by atoms with Crippen molar-refractivity contribution in [2.75, 3.05) is 33.8 Å². The van der Waals surface area contributed by atoms with Crippen LogP contribution in [-0.2, 0) is 4.79 Å². The molecule has 4 heteroatoms. The minimum Gasteiger partial charge on any atom is -0.497 e. The van der Waals surface area contributed by atoms with Gasteiger partial charge in [-0.1, -0.05) is 19.1 Å². The molecular formula is C18H28N2O2. The molecule has 1 aliphatic rings. The summed E-state index contributed by atoms with van der Waals surface area (Å²) < 4.78 is 5.17. The second-order valence-corrected chi connectivity index (χ2v) is 6.26. The van der Waals surface area contributed by atoms with Gasteiger partial charge < -0.3 is 15.0 Å². The minimum atomic E-state index is 0.244. The molecule has 1 aromatic carbocycles. The van der Waals surface area contributed by atoms with Crippen LogP contribution in [0.4, 0.5) is 0 Å². The smallest absolute Gasteiger partial charge is 0.223 e. The third kappa shape index (κ3) is 4.47. The van der Waals surface area contributed by atoms with E-state index < -0.39 is 0 Å². The highest BCUT2D eigenvalue weighted by atomic mass is 16.5. The minimum absolute atomic E-state index is 0.244. The third-order valence-corrected chi connectivity index (χ3v) is 4.63. The zero-order valence-electron chi connectivity index (χ0n) is 14.0. The van der Waals surface area contributed by atoms with E-state index in [2.05, 4.69) is 24.4 Å². The molecule has 1 saturated heterocycles. The molecule has 1 heterocycles. The van der Waals surface area contributed by atoms with Crippen LogP contribution in [0.15, 0.2) is 24.3 Å². The molecule has 0 saturated carbocycles. The van der Waals surface area contributed by atoms with Gasteiger partial charge in [-0.05, 0) is 56.0 Å². The van der Waals surface area contributed by atoms with Crippen LogP contribution in [0.3, 0.4) is 0 Å². The summed E-state index contributed by atoms with van der Waals surface area (Å²) in [7, 11) is 3.66. The molecule has 1 unspecified atom stereocenters. The number of likely N-dealkylation sites (tertiary alicyclic amines) is 1. The molecule has 4 nitrogen and oxygen atoms in total. The molecule has 0 aromatic heterocycles. The van der Waals surface area contributed by atoms with Gasteiger partial charge in [-0.15, -0.1) is 0 Å². The summed E-state index contributed by atoms with van der Waals surface area (Å²) in [6.45, 7) is 4.98. The van der Waals surface area contributed by atoms with Crippen molar-refractivity contribution in [3.05, 3.63) is 29.8 Å². The average molecular weight is 304 g/mol. The number of ether oxygens (including phenoxy) is 1. The summed E-state index contributed by atoms with van der Waals surface area (Å²) in [5.74, 6) is 2.10. The molecule has 0 bridgehead atoms. The maximum absolute atomic E-state index is 12.5. The van der Waals surface area contributed by atoms with Gasteiger partial charge in [0.25, 0.3) is 0 Å². The van der Waals surface area contributed by atoms with Gasteiger partial charge in [-0.3, -0.25) is 4.79 Å². The first kappa shape index (κ1) is 16.8. The first-order valence-electron chi connectivity index (χ1n) is 8.20. The number of nitrogens with zero attached hydrogens (tertiary/aromatic N) is 1. The second-order valence-electron chi connectivity index (χ2n) is 6.26. The van der Waals surface area contributed by atoms with Gasteiger partial charge in [-0.2, -0.15) is 0 Å². The van der Waals surface area contributed by atoms with Gasteiger partial charge in [0.05, 0.1) is 7.11 Å². The third-order valence-electron chi connectivity index (χ3n) is 4.63. The van der Waals surface area contributed by atoms with E-state index in [4.69, 9.17) is 4.74 Å². The highest BCUT2D eigenvalue weighted by Gasteiger charge is 2.23. The summed E-state index contributed by atoms with van der Waals surface area (Å²) >= 11 is 0. The first-order chi connectivity index (χ1) is 10.6. The maximum Gasteiger partial charge on any atom is 0.223 e. The van der Waals surface area contributed by atoms with Crippen LogP contribution in [0.25, 0.3) is 0 Å². The fourth-order valence-electron chi connectivity index (χ4n) is 3.12. The Labute approximate surface area is 133 Å². The molecule has 1 N–H and O–H groups in total. The number of carbonyl (C=O) groups excluding carboxylic acids is 1. The number of amides is 1. The number of carbonyl (C=O) groups is 1.